The molecule has 0 radical (unpaired) electrons. The van der Waals surface area contributed by atoms with Gasteiger partial charge < -0.3 is 0 Å². The minimum absolute atomic E-state index is 0.0651. The predicted molar refractivity (Wildman–Crippen MR) is 144 cm³/mol. The molecule has 0 unspecified atom stereocenters. The maximum Gasteiger partial charge on any atom is 0.166 e. The first-order chi connectivity index (χ1) is 17.5. The van der Waals surface area contributed by atoms with Crippen molar-refractivity contribution in [2.75, 3.05) is 0 Å². The predicted octanol–water partition coefficient (Wildman–Crippen LogP) is 9.97. The number of hydrogen-bond acceptors (Lipinski definition) is 0. The molecule has 1 fully saturated rings. The van der Waals surface area contributed by atoms with Crippen molar-refractivity contribution in [3.8, 4) is 11.1 Å². The van der Waals surface area contributed by atoms with E-state index in [0.29, 0.717) is 29.0 Å². The molecule has 0 bridgehead atoms. The zero-order valence-electron chi connectivity index (χ0n) is 21.8. The largest absolute Gasteiger partial charge is 0.207 e. The molecule has 0 aromatic heterocycles. The number of rotatable bonds is 10. The van der Waals surface area contributed by atoms with E-state index in [0.717, 1.165) is 75.3 Å². The minimum atomic E-state index is -0.752. The molecule has 1 aliphatic carbocycles. The average Bonchev–Trinajstić information content (AvgIpc) is 2.90. The maximum absolute atomic E-state index is 14.9. The summed E-state index contributed by atoms with van der Waals surface area (Å²) in [5.74, 6) is -0.800. The van der Waals surface area contributed by atoms with Crippen LogP contribution in [0, 0.1) is 23.4 Å². The highest BCUT2D eigenvalue weighted by molar-refractivity contribution is 5.65. The molecule has 0 atom stereocenters. The molecule has 3 heteroatoms. The van der Waals surface area contributed by atoms with Crippen LogP contribution >= 0.6 is 0 Å². The summed E-state index contributed by atoms with van der Waals surface area (Å²) < 4.78 is 44.6. The Balaban J connectivity index is 1.32. The van der Waals surface area contributed by atoms with E-state index >= 15 is 0 Å². The monoisotopic (exact) mass is 492 g/mol. The molecule has 0 spiro atoms. The fraction of sp³-hybridized carbons (Fsp3) is 0.455. The standard InChI is InChI=1S/C33H39F3/c1-3-5-7-25-13-20-29(31(34)22-25)26-14-10-24(11-15-26)12-18-28-19-21-30(33(36)32(28)35)27-16-8-23(6-4-2)9-17-27/h8-9,13,16-17,19-22,24,26H,3-7,10-12,14-15,18H2,1-2H3. The van der Waals surface area contributed by atoms with Crippen LogP contribution in [0.2, 0.25) is 0 Å². The van der Waals surface area contributed by atoms with Crippen molar-refractivity contribution in [2.24, 2.45) is 5.92 Å². The van der Waals surface area contributed by atoms with E-state index in [2.05, 4.69) is 19.9 Å². The van der Waals surface area contributed by atoms with Crippen LogP contribution in [0.3, 0.4) is 0 Å². The first-order valence-electron chi connectivity index (χ1n) is 13.8. The van der Waals surface area contributed by atoms with Crippen molar-refractivity contribution < 1.29 is 13.2 Å². The van der Waals surface area contributed by atoms with Crippen molar-refractivity contribution in [3.63, 3.8) is 0 Å². The summed E-state index contributed by atoms with van der Waals surface area (Å²) in [4.78, 5) is 0. The van der Waals surface area contributed by atoms with E-state index in [1.807, 2.05) is 30.3 Å². The van der Waals surface area contributed by atoms with Crippen LogP contribution in [-0.2, 0) is 19.3 Å². The molecule has 3 aromatic carbocycles. The van der Waals surface area contributed by atoms with Crippen LogP contribution in [0.4, 0.5) is 13.2 Å². The second-order valence-corrected chi connectivity index (χ2v) is 10.6. The maximum atomic E-state index is 14.9. The molecular formula is C33H39F3. The normalized spacial score (nSPS) is 17.9. The Labute approximate surface area is 215 Å². The molecule has 0 nitrogen and oxygen atoms in total. The van der Waals surface area contributed by atoms with E-state index in [9.17, 15) is 13.2 Å². The van der Waals surface area contributed by atoms with Crippen LogP contribution in [0.5, 0.6) is 0 Å². The zero-order chi connectivity index (χ0) is 25.5. The average molecular weight is 493 g/mol. The first kappa shape index (κ1) is 26.5. The van der Waals surface area contributed by atoms with E-state index in [1.54, 1.807) is 18.2 Å². The van der Waals surface area contributed by atoms with Gasteiger partial charge in [0.15, 0.2) is 11.6 Å². The van der Waals surface area contributed by atoms with Gasteiger partial charge in [-0.05, 0) is 104 Å². The lowest BCUT2D eigenvalue weighted by molar-refractivity contribution is 0.305. The zero-order valence-corrected chi connectivity index (χ0v) is 21.8. The van der Waals surface area contributed by atoms with Gasteiger partial charge in [-0.3, -0.25) is 0 Å². The van der Waals surface area contributed by atoms with E-state index in [1.165, 1.54) is 5.56 Å². The van der Waals surface area contributed by atoms with Gasteiger partial charge in [0.05, 0.1) is 0 Å². The second kappa shape index (κ2) is 12.6. The van der Waals surface area contributed by atoms with E-state index in [-0.39, 0.29) is 11.7 Å². The summed E-state index contributed by atoms with van der Waals surface area (Å²) >= 11 is 0. The molecule has 3 aromatic rings. The molecule has 36 heavy (non-hydrogen) atoms. The summed E-state index contributed by atoms with van der Waals surface area (Å²) in [6.07, 6.45) is 10.5. The van der Waals surface area contributed by atoms with Crippen LogP contribution in [0.1, 0.15) is 93.4 Å². The molecule has 1 saturated carbocycles. The van der Waals surface area contributed by atoms with Gasteiger partial charge >= 0.3 is 0 Å². The summed E-state index contributed by atoms with van der Waals surface area (Å²) in [6, 6.07) is 17.0. The third-order valence-electron chi connectivity index (χ3n) is 7.96. The molecule has 4 rings (SSSR count). The van der Waals surface area contributed by atoms with Gasteiger partial charge in [-0.2, -0.15) is 0 Å². The molecule has 0 N–H and O–H groups in total. The minimum Gasteiger partial charge on any atom is -0.207 e. The van der Waals surface area contributed by atoms with Crippen molar-refractivity contribution in [3.05, 3.63) is 94.3 Å². The van der Waals surface area contributed by atoms with Gasteiger partial charge in [-0.1, -0.05) is 75.2 Å². The molecule has 0 saturated heterocycles. The fourth-order valence-corrected chi connectivity index (χ4v) is 5.71. The van der Waals surface area contributed by atoms with Crippen molar-refractivity contribution in [1.82, 2.24) is 0 Å². The molecule has 0 heterocycles. The summed E-state index contributed by atoms with van der Waals surface area (Å²) in [5, 5.41) is 0. The van der Waals surface area contributed by atoms with Gasteiger partial charge in [0, 0.05) is 5.56 Å². The fourth-order valence-electron chi connectivity index (χ4n) is 5.71. The topological polar surface area (TPSA) is 0 Å². The lowest BCUT2D eigenvalue weighted by Gasteiger charge is -2.29. The summed E-state index contributed by atoms with van der Waals surface area (Å²) in [5.41, 5.74) is 4.62. The number of halogens is 3. The van der Waals surface area contributed by atoms with Gasteiger partial charge in [0.25, 0.3) is 0 Å². The van der Waals surface area contributed by atoms with Crippen molar-refractivity contribution >= 4 is 0 Å². The van der Waals surface area contributed by atoms with Crippen LogP contribution < -0.4 is 0 Å². The summed E-state index contributed by atoms with van der Waals surface area (Å²) in [6.45, 7) is 4.27. The van der Waals surface area contributed by atoms with Crippen LogP contribution in [-0.4, -0.2) is 0 Å². The Bertz CT molecular complexity index is 1120. The molecule has 0 aliphatic heterocycles. The molecule has 192 valence electrons. The number of unbranched alkanes of at least 4 members (excludes halogenated alkanes) is 1. The Morgan fingerprint density at radius 2 is 1.42 bits per heavy atom. The SMILES string of the molecule is CCCCc1ccc(C2CCC(CCc3ccc(-c4ccc(CCC)cc4)c(F)c3F)CC2)c(F)c1. The van der Waals surface area contributed by atoms with Gasteiger partial charge in [-0.25, -0.2) is 13.2 Å². The number of hydrogen-bond donors (Lipinski definition) is 0. The number of benzene rings is 3. The smallest absolute Gasteiger partial charge is 0.166 e. The van der Waals surface area contributed by atoms with Gasteiger partial charge in [0.2, 0.25) is 0 Å². The van der Waals surface area contributed by atoms with Crippen molar-refractivity contribution in [1.29, 1.82) is 0 Å². The number of aryl methyl sites for hydroxylation is 3. The molecule has 0 amide bonds. The molecule has 1 aliphatic rings. The third-order valence-corrected chi connectivity index (χ3v) is 7.96. The Kier molecular flexibility index (Phi) is 9.29. The van der Waals surface area contributed by atoms with Crippen LogP contribution in [0.25, 0.3) is 11.1 Å². The quantitative estimate of drug-likeness (QED) is 0.264. The third kappa shape index (κ3) is 6.41. The molecular weight excluding hydrogens is 453 g/mol. The lowest BCUT2D eigenvalue weighted by Crippen LogP contribution is -2.15. The van der Waals surface area contributed by atoms with Crippen LogP contribution in [0.15, 0.2) is 54.6 Å². The Morgan fingerprint density at radius 1 is 0.694 bits per heavy atom. The highest BCUT2D eigenvalue weighted by Gasteiger charge is 2.25. The van der Waals surface area contributed by atoms with Gasteiger partial charge in [-0.15, -0.1) is 0 Å². The van der Waals surface area contributed by atoms with Gasteiger partial charge in [0.1, 0.15) is 5.82 Å². The first-order valence-corrected chi connectivity index (χ1v) is 13.8. The van der Waals surface area contributed by atoms with Crippen molar-refractivity contribution in [2.45, 2.75) is 90.4 Å². The highest BCUT2D eigenvalue weighted by Crippen LogP contribution is 2.39. The second-order valence-electron chi connectivity index (χ2n) is 10.6. The highest BCUT2D eigenvalue weighted by atomic mass is 19.2. The van der Waals surface area contributed by atoms with E-state index in [4.69, 9.17) is 0 Å². The lowest BCUT2D eigenvalue weighted by atomic mass is 9.76. The Hall–Kier alpha value is -2.55. The Morgan fingerprint density at radius 3 is 2.08 bits per heavy atom. The van der Waals surface area contributed by atoms with E-state index < -0.39 is 11.6 Å². The summed E-state index contributed by atoms with van der Waals surface area (Å²) in [7, 11) is 0.